The summed E-state index contributed by atoms with van der Waals surface area (Å²) in [4.78, 5) is 17.6. The Bertz CT molecular complexity index is 1220. The van der Waals surface area contributed by atoms with Gasteiger partial charge in [-0.3, -0.25) is 4.79 Å². The molecule has 0 bridgehead atoms. The Hall–Kier alpha value is -3.69. The van der Waals surface area contributed by atoms with Gasteiger partial charge in [-0.2, -0.15) is 0 Å². The molecule has 2 aromatic carbocycles. The molecule has 1 aromatic heterocycles. The molecular formula is C27H25FN2O3. The number of phenols is 1. The third-order valence-electron chi connectivity index (χ3n) is 5.52. The first-order valence-corrected chi connectivity index (χ1v) is 10.8. The molecule has 2 N–H and O–H groups in total. The van der Waals surface area contributed by atoms with Crippen molar-refractivity contribution in [1.29, 1.82) is 0 Å². The van der Waals surface area contributed by atoms with E-state index in [4.69, 9.17) is 4.74 Å². The van der Waals surface area contributed by atoms with Crippen LogP contribution < -0.4 is 5.32 Å². The van der Waals surface area contributed by atoms with Crippen LogP contribution in [0.3, 0.4) is 0 Å². The number of aryl methyl sites for hydroxylation is 2. The summed E-state index contributed by atoms with van der Waals surface area (Å²) in [6.45, 7) is 5.10. The molecule has 6 heteroatoms. The fourth-order valence-electron chi connectivity index (χ4n) is 3.75. The highest BCUT2D eigenvalue weighted by Crippen LogP contribution is 2.30. The maximum absolute atomic E-state index is 14.0. The first-order chi connectivity index (χ1) is 15.9. The van der Waals surface area contributed by atoms with Crippen molar-refractivity contribution in [3.05, 3.63) is 94.1 Å². The zero-order chi connectivity index (χ0) is 23.4. The number of benzene rings is 2. The maximum atomic E-state index is 14.0. The monoisotopic (exact) mass is 444 g/mol. The summed E-state index contributed by atoms with van der Waals surface area (Å²) >= 11 is 0. The van der Waals surface area contributed by atoms with Crippen LogP contribution in [0.5, 0.6) is 5.75 Å². The first kappa shape index (κ1) is 22.5. The number of ether oxygens (including phenoxy) is 1. The number of nitrogens with one attached hydrogen (secondary N) is 1. The molecular weight excluding hydrogens is 419 g/mol. The summed E-state index contributed by atoms with van der Waals surface area (Å²) in [5.74, 6) is 5.45. The van der Waals surface area contributed by atoms with Gasteiger partial charge in [-0.15, -0.1) is 0 Å². The fraction of sp³-hybridized carbons (Fsp3) is 0.259. The molecule has 3 aromatic rings. The van der Waals surface area contributed by atoms with Crippen LogP contribution in [0.25, 0.3) is 0 Å². The molecule has 33 heavy (non-hydrogen) atoms. The van der Waals surface area contributed by atoms with Gasteiger partial charge in [-0.1, -0.05) is 41.7 Å². The van der Waals surface area contributed by atoms with Crippen molar-refractivity contribution in [3.63, 3.8) is 0 Å². The van der Waals surface area contributed by atoms with Crippen LogP contribution in [-0.4, -0.2) is 29.2 Å². The third kappa shape index (κ3) is 5.57. The molecule has 1 fully saturated rings. The van der Waals surface area contributed by atoms with Crippen molar-refractivity contribution in [2.45, 2.75) is 26.3 Å². The van der Waals surface area contributed by atoms with E-state index in [0.29, 0.717) is 23.4 Å². The smallest absolute Gasteiger partial charge is 0.270 e. The Morgan fingerprint density at radius 1 is 1.18 bits per heavy atom. The van der Waals surface area contributed by atoms with Crippen LogP contribution in [-0.2, 0) is 4.74 Å². The van der Waals surface area contributed by atoms with Crippen LogP contribution in [0.2, 0.25) is 0 Å². The normalized spacial score (nSPS) is 16.0. The predicted octanol–water partition coefficient (Wildman–Crippen LogP) is 4.45. The Labute approximate surface area is 192 Å². The molecule has 0 spiro atoms. The van der Waals surface area contributed by atoms with Crippen molar-refractivity contribution in [3.8, 4) is 17.6 Å². The quantitative estimate of drug-likeness (QED) is 0.584. The highest BCUT2D eigenvalue weighted by atomic mass is 19.1. The minimum Gasteiger partial charge on any atom is -0.508 e. The number of carbonyl (C=O) groups excluding carboxylic acids is 1. The maximum Gasteiger partial charge on any atom is 0.270 e. The molecule has 0 aliphatic carbocycles. The molecule has 0 radical (unpaired) electrons. The number of rotatable bonds is 4. The molecule has 2 heterocycles. The SMILES string of the molecule is Cc1ccc(C(NC(=O)c2cc(C#C[C@@H]3CCOC3)cc(C)n2)c2cc(F)ccc2O)cc1. The number of halogens is 1. The van der Waals surface area contributed by atoms with Crippen molar-refractivity contribution < 1.29 is 19.0 Å². The van der Waals surface area contributed by atoms with Gasteiger partial charge in [0.15, 0.2) is 0 Å². The first-order valence-electron chi connectivity index (χ1n) is 10.8. The molecule has 168 valence electrons. The third-order valence-corrected chi connectivity index (χ3v) is 5.52. The lowest BCUT2D eigenvalue weighted by molar-refractivity contribution is 0.0937. The standard InChI is InChI=1S/C27H25FN2O3/c1-17-3-7-21(8-4-17)26(23-15-22(28)9-10-25(23)31)30-27(32)24-14-20(13-18(2)29-24)6-5-19-11-12-33-16-19/h3-4,7-10,13-15,19,26,31H,11-12,16H2,1-2H3,(H,30,32)/t19-,26?/m1/s1. The minimum atomic E-state index is -0.763. The summed E-state index contributed by atoms with van der Waals surface area (Å²) in [7, 11) is 0. The molecule has 5 nitrogen and oxygen atoms in total. The molecule has 0 saturated carbocycles. The minimum absolute atomic E-state index is 0.107. The van der Waals surface area contributed by atoms with Gasteiger partial charge >= 0.3 is 0 Å². The van der Waals surface area contributed by atoms with Crippen molar-refractivity contribution >= 4 is 5.91 Å². The van der Waals surface area contributed by atoms with E-state index in [2.05, 4.69) is 22.1 Å². The molecule has 1 unspecified atom stereocenters. The molecule has 1 amide bonds. The number of nitrogens with zero attached hydrogens (tertiary/aromatic N) is 1. The van der Waals surface area contributed by atoms with E-state index in [1.54, 1.807) is 13.0 Å². The van der Waals surface area contributed by atoms with E-state index < -0.39 is 17.8 Å². The topological polar surface area (TPSA) is 71.5 Å². The second-order valence-electron chi connectivity index (χ2n) is 8.23. The number of hydrogen-bond donors (Lipinski definition) is 2. The van der Waals surface area contributed by atoms with Crippen molar-refractivity contribution in [1.82, 2.24) is 10.3 Å². The van der Waals surface area contributed by atoms with Crippen LogP contribution in [0.15, 0.2) is 54.6 Å². The van der Waals surface area contributed by atoms with Crippen LogP contribution in [0.4, 0.5) is 4.39 Å². The number of hydrogen-bond acceptors (Lipinski definition) is 4. The van der Waals surface area contributed by atoms with Gasteiger partial charge in [0.2, 0.25) is 0 Å². The average Bonchev–Trinajstić information content (AvgIpc) is 3.32. The second kappa shape index (κ2) is 9.85. The lowest BCUT2D eigenvalue weighted by Crippen LogP contribution is -2.30. The van der Waals surface area contributed by atoms with Gasteiger partial charge in [-0.05, 0) is 56.2 Å². The van der Waals surface area contributed by atoms with Crippen LogP contribution in [0.1, 0.15) is 50.9 Å². The summed E-state index contributed by atoms with van der Waals surface area (Å²) in [6.07, 6.45) is 0.903. The van der Waals surface area contributed by atoms with Crippen molar-refractivity contribution in [2.75, 3.05) is 13.2 Å². The van der Waals surface area contributed by atoms with E-state index in [9.17, 15) is 14.3 Å². The fourth-order valence-corrected chi connectivity index (χ4v) is 3.75. The Morgan fingerprint density at radius 2 is 1.97 bits per heavy atom. The summed E-state index contributed by atoms with van der Waals surface area (Å²) in [5, 5.41) is 13.3. The van der Waals surface area contributed by atoms with Gasteiger partial charge in [0, 0.05) is 29.3 Å². The lowest BCUT2D eigenvalue weighted by atomic mass is 9.96. The molecule has 1 saturated heterocycles. The zero-order valence-electron chi connectivity index (χ0n) is 18.6. The number of amides is 1. The van der Waals surface area contributed by atoms with Crippen LogP contribution >= 0.6 is 0 Å². The molecule has 2 atom stereocenters. The number of carbonyl (C=O) groups is 1. The number of pyridine rings is 1. The van der Waals surface area contributed by atoms with E-state index in [-0.39, 0.29) is 22.9 Å². The number of phenolic OH excluding ortho intramolecular Hbond substituents is 1. The lowest BCUT2D eigenvalue weighted by Gasteiger charge is -2.21. The summed E-state index contributed by atoms with van der Waals surface area (Å²) < 4.78 is 19.4. The molecule has 1 aliphatic rings. The van der Waals surface area contributed by atoms with E-state index in [1.807, 2.05) is 37.3 Å². The van der Waals surface area contributed by atoms with Gasteiger partial charge < -0.3 is 15.2 Å². The Morgan fingerprint density at radius 3 is 2.70 bits per heavy atom. The van der Waals surface area contributed by atoms with E-state index in [1.165, 1.54) is 18.2 Å². The second-order valence-corrected chi connectivity index (χ2v) is 8.23. The van der Waals surface area contributed by atoms with Gasteiger partial charge in [0.25, 0.3) is 5.91 Å². The van der Waals surface area contributed by atoms with Gasteiger partial charge in [-0.25, -0.2) is 9.37 Å². The largest absolute Gasteiger partial charge is 0.508 e. The van der Waals surface area contributed by atoms with Gasteiger partial charge in [0.1, 0.15) is 17.3 Å². The predicted molar refractivity (Wildman–Crippen MR) is 123 cm³/mol. The van der Waals surface area contributed by atoms with E-state index >= 15 is 0 Å². The number of aromatic nitrogens is 1. The van der Waals surface area contributed by atoms with E-state index in [0.717, 1.165) is 18.6 Å². The molecule has 1 aliphatic heterocycles. The summed E-state index contributed by atoms with van der Waals surface area (Å²) in [5.41, 5.74) is 3.58. The zero-order valence-corrected chi connectivity index (χ0v) is 18.6. The molecule has 4 rings (SSSR count). The summed E-state index contributed by atoms with van der Waals surface area (Å²) in [6, 6.07) is 13.9. The number of aromatic hydroxyl groups is 1. The van der Waals surface area contributed by atoms with Crippen LogP contribution in [0, 0.1) is 37.4 Å². The van der Waals surface area contributed by atoms with Crippen molar-refractivity contribution in [2.24, 2.45) is 5.92 Å². The highest BCUT2D eigenvalue weighted by Gasteiger charge is 2.22. The Balaban J connectivity index is 1.65. The average molecular weight is 445 g/mol. The Kier molecular flexibility index (Phi) is 6.71. The van der Waals surface area contributed by atoms with Gasteiger partial charge in [0.05, 0.1) is 12.6 Å². The highest BCUT2D eigenvalue weighted by molar-refractivity contribution is 5.93.